The molecule has 11 atom stereocenters. The molecule has 2 N–H and O–H groups in total. The Morgan fingerprint density at radius 2 is 2.13 bits per heavy atom. The molecule has 23 heavy (non-hydrogen) atoms. The molecule has 3 heteroatoms. The first-order valence-electron chi connectivity index (χ1n) is 9.73. The molecule has 3 heterocycles. The highest BCUT2D eigenvalue weighted by molar-refractivity contribution is 5.42. The quantitative estimate of drug-likeness (QED) is 0.674. The third-order valence-electron chi connectivity index (χ3n) is 10.2. The van der Waals surface area contributed by atoms with Gasteiger partial charge in [0, 0.05) is 24.4 Å². The summed E-state index contributed by atoms with van der Waals surface area (Å²) in [7, 11) is 0. The van der Waals surface area contributed by atoms with E-state index >= 15 is 0 Å². The van der Waals surface area contributed by atoms with Crippen molar-refractivity contribution in [1.82, 2.24) is 4.90 Å². The topological polar surface area (TPSA) is 43.7 Å². The van der Waals surface area contributed by atoms with Crippen LogP contribution in [0.1, 0.15) is 45.4 Å². The maximum atomic E-state index is 11.8. The van der Waals surface area contributed by atoms with E-state index in [0.29, 0.717) is 29.7 Å². The Labute approximate surface area is 137 Å². The first-order chi connectivity index (χ1) is 10.9. The van der Waals surface area contributed by atoms with Gasteiger partial charge in [0.1, 0.15) is 5.72 Å². The monoisotopic (exact) mass is 313 g/mol. The first-order valence-corrected chi connectivity index (χ1v) is 9.73. The van der Waals surface area contributed by atoms with Crippen LogP contribution < -0.4 is 0 Å². The molecule has 9 rings (SSSR count). The van der Waals surface area contributed by atoms with Gasteiger partial charge in [0.25, 0.3) is 0 Å². The lowest BCUT2D eigenvalue weighted by atomic mass is 9.39. The number of hydrogen-bond acceptors (Lipinski definition) is 3. The highest BCUT2D eigenvalue weighted by Gasteiger charge is 2.91. The number of aliphatic hydroxyl groups is 2. The van der Waals surface area contributed by atoms with Crippen molar-refractivity contribution >= 4 is 0 Å². The molecule has 2 spiro atoms. The average molecular weight is 313 g/mol. The highest BCUT2D eigenvalue weighted by Crippen LogP contribution is 2.88. The Morgan fingerprint density at radius 3 is 2.96 bits per heavy atom. The summed E-state index contributed by atoms with van der Waals surface area (Å²) in [5, 5.41) is 23.2. The number of aliphatic hydroxyl groups excluding tert-OH is 1. The third kappa shape index (κ3) is 0.910. The molecule has 0 aromatic rings. The maximum Gasteiger partial charge on any atom is 0.123 e. The van der Waals surface area contributed by atoms with Crippen LogP contribution in [-0.4, -0.2) is 39.5 Å². The third-order valence-corrected chi connectivity index (χ3v) is 10.2. The van der Waals surface area contributed by atoms with Gasteiger partial charge in [-0.3, -0.25) is 4.90 Å². The van der Waals surface area contributed by atoms with E-state index in [9.17, 15) is 10.2 Å². The molecule has 124 valence electrons. The number of rotatable bonds is 0. The lowest BCUT2D eigenvalue weighted by molar-refractivity contribution is -0.246. The van der Waals surface area contributed by atoms with Crippen molar-refractivity contribution in [1.29, 1.82) is 0 Å². The molecule has 0 aromatic heterocycles. The summed E-state index contributed by atoms with van der Waals surface area (Å²) in [6.07, 6.45) is 6.75. The van der Waals surface area contributed by atoms with Crippen LogP contribution in [0.25, 0.3) is 0 Å². The molecule has 9 aliphatic rings. The number of piperidine rings is 2. The molecule has 3 nitrogen and oxygen atoms in total. The summed E-state index contributed by atoms with van der Waals surface area (Å²) in [6.45, 7) is 7.87. The zero-order valence-corrected chi connectivity index (χ0v) is 14.0. The fourth-order valence-corrected chi connectivity index (χ4v) is 10.6. The second kappa shape index (κ2) is 3.08. The van der Waals surface area contributed by atoms with Gasteiger partial charge in [-0.1, -0.05) is 25.5 Å². The van der Waals surface area contributed by atoms with E-state index in [-0.39, 0.29) is 22.3 Å². The van der Waals surface area contributed by atoms with E-state index in [0.717, 1.165) is 25.8 Å². The summed E-state index contributed by atoms with van der Waals surface area (Å²) in [6, 6.07) is 0.553. The van der Waals surface area contributed by atoms with Gasteiger partial charge >= 0.3 is 0 Å². The average Bonchev–Trinajstić information content (AvgIpc) is 2.81. The summed E-state index contributed by atoms with van der Waals surface area (Å²) in [5.41, 5.74) is 1.36. The lowest BCUT2D eigenvalue weighted by Gasteiger charge is -2.66. The van der Waals surface area contributed by atoms with Crippen LogP contribution in [0.3, 0.4) is 0 Å². The molecule has 0 radical (unpaired) electrons. The van der Waals surface area contributed by atoms with Crippen LogP contribution in [-0.2, 0) is 0 Å². The van der Waals surface area contributed by atoms with Gasteiger partial charge in [-0.05, 0) is 60.2 Å². The van der Waals surface area contributed by atoms with Crippen LogP contribution in [0.2, 0.25) is 0 Å². The predicted molar refractivity (Wildman–Crippen MR) is 85.2 cm³/mol. The van der Waals surface area contributed by atoms with Gasteiger partial charge < -0.3 is 10.2 Å². The maximum absolute atomic E-state index is 11.8. The van der Waals surface area contributed by atoms with Crippen molar-refractivity contribution in [2.45, 2.75) is 63.3 Å². The lowest BCUT2D eigenvalue weighted by Crippen LogP contribution is -2.67. The minimum Gasteiger partial charge on any atom is -0.392 e. The van der Waals surface area contributed by atoms with Crippen LogP contribution >= 0.6 is 0 Å². The SMILES string of the molecule is C=C1C[C@@]23C[C@@]4(O)[C@@H]5[C@]6(C)CCC[C@@]57[C@@H]2[C@H](O)[C@@H]1C[C@@H]3[C@H]7N4C6. The van der Waals surface area contributed by atoms with E-state index in [1.165, 1.54) is 24.8 Å². The minimum absolute atomic E-state index is 0.167. The summed E-state index contributed by atoms with van der Waals surface area (Å²) in [5.74, 6) is 1.89. The molecule has 6 saturated carbocycles. The van der Waals surface area contributed by atoms with Crippen LogP contribution in [0.15, 0.2) is 12.2 Å². The molecule has 0 aromatic carbocycles. The zero-order chi connectivity index (χ0) is 15.6. The second-order valence-corrected chi connectivity index (χ2v) is 10.7. The van der Waals surface area contributed by atoms with Crippen molar-refractivity contribution in [3.8, 4) is 0 Å². The highest BCUT2D eigenvalue weighted by atomic mass is 16.3. The van der Waals surface area contributed by atoms with E-state index in [1.807, 2.05) is 0 Å². The summed E-state index contributed by atoms with van der Waals surface area (Å²) >= 11 is 0. The van der Waals surface area contributed by atoms with Crippen LogP contribution in [0, 0.1) is 39.9 Å². The van der Waals surface area contributed by atoms with Gasteiger partial charge in [0.15, 0.2) is 0 Å². The fraction of sp³-hybridized carbons (Fsp3) is 0.900. The van der Waals surface area contributed by atoms with Crippen LogP contribution in [0.5, 0.6) is 0 Å². The van der Waals surface area contributed by atoms with E-state index < -0.39 is 5.72 Å². The zero-order valence-electron chi connectivity index (χ0n) is 14.0. The van der Waals surface area contributed by atoms with Crippen molar-refractivity contribution < 1.29 is 10.2 Å². The molecule has 9 fully saturated rings. The summed E-state index contributed by atoms with van der Waals surface area (Å²) in [4.78, 5) is 2.56. The fourth-order valence-electron chi connectivity index (χ4n) is 10.6. The van der Waals surface area contributed by atoms with Crippen molar-refractivity contribution in [3.63, 3.8) is 0 Å². The molecule has 3 aliphatic heterocycles. The van der Waals surface area contributed by atoms with E-state index in [1.54, 1.807) is 0 Å². The van der Waals surface area contributed by atoms with Gasteiger partial charge in [-0.25, -0.2) is 0 Å². The number of fused-ring (bicyclic) bond motifs is 1. The Balaban J connectivity index is 1.56. The second-order valence-electron chi connectivity index (χ2n) is 10.7. The predicted octanol–water partition coefficient (Wildman–Crippen LogP) is 2.14. The molecular weight excluding hydrogens is 286 g/mol. The smallest absolute Gasteiger partial charge is 0.123 e. The first kappa shape index (κ1) is 12.9. The van der Waals surface area contributed by atoms with Crippen LogP contribution in [0.4, 0.5) is 0 Å². The Kier molecular flexibility index (Phi) is 1.73. The minimum atomic E-state index is -0.572. The summed E-state index contributed by atoms with van der Waals surface area (Å²) < 4.78 is 0. The van der Waals surface area contributed by atoms with Crippen molar-refractivity contribution in [2.24, 2.45) is 39.9 Å². The van der Waals surface area contributed by atoms with Crippen molar-refractivity contribution in [3.05, 3.63) is 12.2 Å². The largest absolute Gasteiger partial charge is 0.392 e. The van der Waals surface area contributed by atoms with Gasteiger partial charge in [0.05, 0.1) is 6.10 Å². The number of hydrogen-bond donors (Lipinski definition) is 2. The molecule has 6 aliphatic carbocycles. The van der Waals surface area contributed by atoms with Gasteiger partial charge in [0.2, 0.25) is 0 Å². The number of nitrogens with zero attached hydrogens (tertiary/aromatic N) is 1. The Bertz CT molecular complexity index is 691. The standard InChI is InChI=1S/C20H27NO2/c1-10-7-18-8-20(23)16-17(2)4-3-5-19(16)14(18)13(22)11(10)6-12(18)15(19)21(20)9-17/h11-16,22-23H,1,3-9H2,2H3/t11-,12-,13-,14-,15-,16-,17-,18+,19+,20-/m1/s1. The molecule has 3 saturated heterocycles. The van der Waals surface area contributed by atoms with Crippen molar-refractivity contribution in [2.75, 3.05) is 6.54 Å². The van der Waals surface area contributed by atoms with E-state index in [2.05, 4.69) is 18.4 Å². The van der Waals surface area contributed by atoms with Gasteiger partial charge in [-0.2, -0.15) is 0 Å². The Morgan fingerprint density at radius 1 is 1.30 bits per heavy atom. The molecule has 1 unspecified atom stereocenters. The molecule has 0 amide bonds. The van der Waals surface area contributed by atoms with E-state index in [4.69, 9.17) is 0 Å². The molecular formula is C20H27NO2. The Hall–Kier alpha value is -0.380. The normalized spacial score (nSPS) is 75.6. The molecule has 9 bridgehead atoms. The van der Waals surface area contributed by atoms with Gasteiger partial charge in [-0.15, -0.1) is 0 Å².